The maximum Gasteiger partial charge on any atom is 0.268 e. The Hall–Kier alpha value is 0.0600. The average Bonchev–Trinajstić information content (AvgIpc) is 3.38. The fourth-order valence-electron chi connectivity index (χ4n) is 10.3. The minimum atomic E-state index is -4.49. The normalized spacial score (nSPS) is 39.1. The molecule has 0 saturated heterocycles. The van der Waals surface area contributed by atoms with Crippen molar-refractivity contribution in [3.05, 3.63) is 0 Å². The summed E-state index contributed by atoms with van der Waals surface area (Å²) in [6, 6.07) is 0. The highest BCUT2D eigenvalue weighted by Crippen LogP contribution is 2.69. The van der Waals surface area contributed by atoms with Gasteiger partial charge in [0.05, 0.1) is 65.1 Å². The average molecular weight is 697 g/mol. The van der Waals surface area contributed by atoms with Crippen LogP contribution >= 0.6 is 15.6 Å². The third-order valence-electron chi connectivity index (χ3n) is 12.2. The summed E-state index contributed by atoms with van der Waals surface area (Å²) in [4.78, 5) is 23.8. The lowest BCUT2D eigenvalue weighted by atomic mass is 9.43. The molecule has 0 radical (unpaired) electrons. The topological polar surface area (TPSA) is 176 Å². The molecule has 4 saturated carbocycles. The summed E-state index contributed by atoms with van der Waals surface area (Å²) < 4.78 is 55.7. The van der Waals surface area contributed by atoms with Crippen molar-refractivity contribution in [2.75, 3.05) is 52.9 Å². The van der Waals surface area contributed by atoms with E-state index in [1.807, 2.05) is 0 Å². The largest absolute Gasteiger partial charge is 0.756 e. The van der Waals surface area contributed by atoms with E-state index in [4.69, 9.17) is 28.7 Å². The van der Waals surface area contributed by atoms with Crippen LogP contribution in [0.4, 0.5) is 0 Å². The first-order chi connectivity index (χ1) is 21.8. The Labute approximate surface area is 275 Å². The Bertz CT molecular complexity index is 1050. The van der Waals surface area contributed by atoms with Gasteiger partial charge in [-0.2, -0.15) is 0 Å². The van der Waals surface area contributed by atoms with Gasteiger partial charge in [-0.1, -0.05) is 40.5 Å². The first-order valence-electron chi connectivity index (χ1n) is 17.5. The molecule has 4 aliphatic rings. The second-order valence-electron chi connectivity index (χ2n) is 14.5. The van der Waals surface area contributed by atoms with Crippen molar-refractivity contribution < 1.29 is 56.7 Å². The van der Waals surface area contributed by atoms with Crippen molar-refractivity contribution in [2.24, 2.45) is 46.3 Å². The van der Waals surface area contributed by atoms with Crippen LogP contribution in [-0.4, -0.2) is 75.3 Å². The summed E-state index contributed by atoms with van der Waals surface area (Å²) in [5.41, 5.74) is 0.146. The van der Waals surface area contributed by atoms with Gasteiger partial charge in [-0.05, 0) is 97.7 Å². The van der Waals surface area contributed by atoms with E-state index in [0.29, 0.717) is 35.5 Å². The monoisotopic (exact) mass is 696 g/mol. The van der Waals surface area contributed by atoms with E-state index in [-0.39, 0.29) is 62.7 Å². The van der Waals surface area contributed by atoms with Crippen molar-refractivity contribution in [3.63, 3.8) is 0 Å². The molecule has 4 aliphatic carbocycles. The Morgan fingerprint density at radius 3 is 2.00 bits per heavy atom. The van der Waals surface area contributed by atoms with Crippen LogP contribution in [0.2, 0.25) is 0 Å². The lowest BCUT2D eigenvalue weighted by Crippen LogP contribution is -2.59. The van der Waals surface area contributed by atoms with Gasteiger partial charge in [-0.15, -0.1) is 0 Å². The molecule has 14 heteroatoms. The molecule has 0 aromatic carbocycles. The molecule has 4 rings (SSSR count). The predicted octanol–water partition coefficient (Wildman–Crippen LogP) is 4.45. The van der Waals surface area contributed by atoms with Crippen LogP contribution < -0.4 is 9.79 Å². The van der Waals surface area contributed by atoms with Gasteiger partial charge in [0.25, 0.3) is 15.6 Å². The summed E-state index contributed by atoms with van der Waals surface area (Å²) in [6.07, 6.45) is 10.9. The van der Waals surface area contributed by atoms with Crippen LogP contribution in [0.1, 0.15) is 91.9 Å². The molecule has 46 heavy (non-hydrogen) atoms. The lowest BCUT2D eigenvalue weighted by Gasteiger charge is -2.63. The first kappa shape index (κ1) is 38.9. The standard InChI is InChI=1S/C32H60O12P2/c1-5-6-23(2)27-9-10-28-26-8-7-24-21-25(39-17-19-43-45(35,36)41-15-13-33)11-12-31(24,3)29(26)22-30(32(27,28)4)40-18-20-44-46(37,38)42-16-14-34/h23-30,33-34H,5-22H2,1-4H3,(H,35,36)(H,37,38)/p-2/t23-,24-,25-,26+,27-,28+,29+,30+,31+,32-/m1/s1. The van der Waals surface area contributed by atoms with E-state index >= 15 is 0 Å². The van der Waals surface area contributed by atoms with Crippen molar-refractivity contribution in [2.45, 2.75) is 104 Å². The number of hydrogen-bond donors (Lipinski definition) is 2. The van der Waals surface area contributed by atoms with Gasteiger partial charge in [0, 0.05) is 0 Å². The Morgan fingerprint density at radius 2 is 1.39 bits per heavy atom. The van der Waals surface area contributed by atoms with Crippen LogP contribution in [0, 0.1) is 46.3 Å². The van der Waals surface area contributed by atoms with Crippen molar-refractivity contribution in [3.8, 4) is 0 Å². The van der Waals surface area contributed by atoms with Crippen LogP contribution in [0.25, 0.3) is 0 Å². The Morgan fingerprint density at radius 1 is 0.783 bits per heavy atom. The smallest absolute Gasteiger partial charge is 0.268 e. The SMILES string of the molecule is CCC[C@@H](C)[C@H]1CC[C@H]2[C@@H]3CC[C@@H]4C[C@H](OCCOP(=O)([O-])OCCO)CC[C@]4(C)[C@H]3C[C@H](OCCOP(=O)([O-])OCCO)[C@]12C. The Balaban J connectivity index is 1.42. The molecular weight excluding hydrogens is 638 g/mol. The molecule has 0 bridgehead atoms. The molecule has 4 fully saturated rings. The van der Waals surface area contributed by atoms with Gasteiger partial charge in [-0.3, -0.25) is 9.13 Å². The fourth-order valence-corrected chi connectivity index (χ4v) is 11.6. The van der Waals surface area contributed by atoms with Gasteiger partial charge in [0.1, 0.15) is 0 Å². The molecular formula is C32H58O12P2-2. The molecule has 270 valence electrons. The zero-order chi connectivity index (χ0) is 33.6. The Kier molecular flexibility index (Phi) is 14.2. The molecule has 0 spiro atoms. The third kappa shape index (κ3) is 9.04. The van der Waals surface area contributed by atoms with E-state index in [1.54, 1.807) is 0 Å². The number of hydrogen-bond acceptors (Lipinski definition) is 12. The van der Waals surface area contributed by atoms with Gasteiger partial charge < -0.3 is 47.6 Å². The molecule has 2 N–H and O–H groups in total. The maximum atomic E-state index is 12.0. The van der Waals surface area contributed by atoms with Gasteiger partial charge >= 0.3 is 0 Å². The minimum absolute atomic E-state index is 0.00362. The quantitative estimate of drug-likeness (QED) is 0.144. The molecule has 12 nitrogen and oxygen atoms in total. The molecule has 0 amide bonds. The summed E-state index contributed by atoms with van der Waals surface area (Å²) in [5, 5.41) is 17.7. The number of phosphoric acid groups is 2. The molecule has 2 unspecified atom stereocenters. The molecule has 0 aromatic rings. The number of ether oxygens (including phenoxy) is 2. The van der Waals surface area contributed by atoms with Gasteiger partial charge in [0.15, 0.2) is 0 Å². The second-order valence-corrected chi connectivity index (χ2v) is 17.3. The highest BCUT2D eigenvalue weighted by molar-refractivity contribution is 7.46. The van der Waals surface area contributed by atoms with Crippen LogP contribution in [0.3, 0.4) is 0 Å². The highest BCUT2D eigenvalue weighted by Gasteiger charge is 2.64. The summed E-state index contributed by atoms with van der Waals surface area (Å²) in [5.74, 6) is 3.32. The van der Waals surface area contributed by atoms with E-state index in [0.717, 1.165) is 38.5 Å². The number of aliphatic hydroxyl groups is 2. The van der Waals surface area contributed by atoms with E-state index in [9.17, 15) is 18.9 Å². The fraction of sp³-hybridized carbons (Fsp3) is 1.00. The zero-order valence-corrected chi connectivity index (χ0v) is 30.0. The van der Waals surface area contributed by atoms with E-state index in [1.165, 1.54) is 25.7 Å². The van der Waals surface area contributed by atoms with E-state index in [2.05, 4.69) is 36.7 Å². The summed E-state index contributed by atoms with van der Waals surface area (Å²) in [6.45, 7) is 8.17. The van der Waals surface area contributed by atoms with Crippen molar-refractivity contribution in [1.82, 2.24) is 0 Å². The summed E-state index contributed by atoms with van der Waals surface area (Å²) >= 11 is 0. The number of fused-ring (bicyclic) bond motifs is 5. The summed E-state index contributed by atoms with van der Waals surface area (Å²) in [7, 11) is -8.94. The molecule has 0 aliphatic heterocycles. The van der Waals surface area contributed by atoms with E-state index < -0.39 is 28.9 Å². The first-order valence-corrected chi connectivity index (χ1v) is 20.4. The third-order valence-corrected chi connectivity index (χ3v) is 14.2. The van der Waals surface area contributed by atoms with Gasteiger partial charge in [-0.25, -0.2) is 0 Å². The van der Waals surface area contributed by atoms with Crippen LogP contribution in [0.5, 0.6) is 0 Å². The molecule has 12 atom stereocenters. The molecule has 0 heterocycles. The van der Waals surface area contributed by atoms with Crippen LogP contribution in [-0.2, 0) is 36.7 Å². The second kappa shape index (κ2) is 16.8. The lowest BCUT2D eigenvalue weighted by molar-refractivity contribution is -0.229. The van der Waals surface area contributed by atoms with Crippen molar-refractivity contribution in [1.29, 1.82) is 0 Å². The maximum absolute atomic E-state index is 12.0. The predicted molar refractivity (Wildman–Crippen MR) is 167 cm³/mol. The number of aliphatic hydroxyl groups excluding tert-OH is 2. The number of phosphoric ester groups is 2. The number of rotatable bonds is 19. The molecule has 0 aromatic heterocycles. The highest BCUT2D eigenvalue weighted by atomic mass is 31.2. The zero-order valence-electron chi connectivity index (χ0n) is 28.2. The van der Waals surface area contributed by atoms with Gasteiger partial charge in [0.2, 0.25) is 0 Å². The van der Waals surface area contributed by atoms with Crippen LogP contribution in [0.15, 0.2) is 0 Å². The minimum Gasteiger partial charge on any atom is -0.756 e. The van der Waals surface area contributed by atoms with Crippen molar-refractivity contribution >= 4 is 15.6 Å².